The number of rotatable bonds is 7. The minimum atomic E-state index is 0.724. The van der Waals surface area contributed by atoms with Gasteiger partial charge in [-0.05, 0) is 31.3 Å². The standard InChI is InChI=1S/C14H26N4/c1-3-8-15-10-13(12-6-4-5-7-12)9-14-16-11-17-18(14)2/h11-13,15H,3-10H2,1-2H3. The van der Waals surface area contributed by atoms with Crippen molar-refractivity contribution < 1.29 is 0 Å². The van der Waals surface area contributed by atoms with Crippen LogP contribution in [-0.4, -0.2) is 27.9 Å². The summed E-state index contributed by atoms with van der Waals surface area (Å²) in [6.07, 6.45) is 9.56. The number of nitrogens with zero attached hydrogens (tertiary/aromatic N) is 3. The van der Waals surface area contributed by atoms with Gasteiger partial charge in [-0.1, -0.05) is 32.6 Å². The first-order valence-electron chi connectivity index (χ1n) is 7.34. The number of aryl methyl sites for hydroxylation is 1. The van der Waals surface area contributed by atoms with E-state index in [2.05, 4.69) is 22.3 Å². The van der Waals surface area contributed by atoms with Gasteiger partial charge in [-0.3, -0.25) is 4.68 Å². The lowest BCUT2D eigenvalue weighted by molar-refractivity contribution is 0.313. The van der Waals surface area contributed by atoms with Gasteiger partial charge in [0, 0.05) is 13.5 Å². The van der Waals surface area contributed by atoms with Gasteiger partial charge in [-0.25, -0.2) is 4.98 Å². The van der Waals surface area contributed by atoms with E-state index in [0.717, 1.165) is 37.2 Å². The van der Waals surface area contributed by atoms with E-state index >= 15 is 0 Å². The molecule has 0 amide bonds. The van der Waals surface area contributed by atoms with Crippen LogP contribution in [0.4, 0.5) is 0 Å². The fourth-order valence-corrected chi connectivity index (χ4v) is 3.04. The zero-order valence-electron chi connectivity index (χ0n) is 11.7. The van der Waals surface area contributed by atoms with E-state index in [1.54, 1.807) is 6.33 Å². The lowest BCUT2D eigenvalue weighted by atomic mass is 9.87. The molecular formula is C14H26N4. The van der Waals surface area contributed by atoms with E-state index in [9.17, 15) is 0 Å². The quantitative estimate of drug-likeness (QED) is 0.754. The third kappa shape index (κ3) is 3.55. The van der Waals surface area contributed by atoms with Crippen LogP contribution in [-0.2, 0) is 13.5 Å². The van der Waals surface area contributed by atoms with Crippen molar-refractivity contribution in [1.82, 2.24) is 20.1 Å². The third-order valence-electron chi connectivity index (χ3n) is 4.15. The van der Waals surface area contributed by atoms with Crippen molar-refractivity contribution in [2.24, 2.45) is 18.9 Å². The molecule has 0 radical (unpaired) electrons. The average Bonchev–Trinajstić information content (AvgIpc) is 3.00. The Hall–Kier alpha value is -0.900. The van der Waals surface area contributed by atoms with Crippen LogP contribution in [0.15, 0.2) is 6.33 Å². The van der Waals surface area contributed by atoms with Crippen molar-refractivity contribution in [3.8, 4) is 0 Å². The minimum absolute atomic E-state index is 0.724. The van der Waals surface area contributed by atoms with Crippen molar-refractivity contribution >= 4 is 0 Å². The predicted molar refractivity (Wildman–Crippen MR) is 73.3 cm³/mol. The summed E-state index contributed by atoms with van der Waals surface area (Å²) in [4.78, 5) is 4.38. The Labute approximate surface area is 110 Å². The molecular weight excluding hydrogens is 224 g/mol. The topological polar surface area (TPSA) is 42.7 Å². The van der Waals surface area contributed by atoms with Gasteiger partial charge >= 0.3 is 0 Å². The number of nitrogens with one attached hydrogen (secondary N) is 1. The first-order chi connectivity index (χ1) is 8.81. The molecule has 0 aliphatic heterocycles. The third-order valence-corrected chi connectivity index (χ3v) is 4.15. The molecule has 1 aliphatic carbocycles. The van der Waals surface area contributed by atoms with Crippen molar-refractivity contribution in [1.29, 1.82) is 0 Å². The van der Waals surface area contributed by atoms with Crippen LogP contribution in [0.1, 0.15) is 44.9 Å². The fraction of sp³-hybridized carbons (Fsp3) is 0.857. The number of hydrogen-bond donors (Lipinski definition) is 1. The van der Waals surface area contributed by atoms with Crippen LogP contribution in [0.5, 0.6) is 0 Å². The molecule has 4 heteroatoms. The zero-order valence-corrected chi connectivity index (χ0v) is 11.7. The molecule has 0 saturated heterocycles. The molecule has 102 valence electrons. The largest absolute Gasteiger partial charge is 0.316 e. The van der Waals surface area contributed by atoms with Gasteiger partial charge in [0.15, 0.2) is 0 Å². The Morgan fingerprint density at radius 2 is 2.22 bits per heavy atom. The first-order valence-corrected chi connectivity index (χ1v) is 7.34. The lowest BCUT2D eigenvalue weighted by Gasteiger charge is -2.23. The Balaban J connectivity index is 1.92. The van der Waals surface area contributed by atoms with Crippen molar-refractivity contribution in [2.45, 2.75) is 45.4 Å². The molecule has 0 bridgehead atoms. The summed E-state index contributed by atoms with van der Waals surface area (Å²) in [5.41, 5.74) is 0. The molecule has 1 heterocycles. The lowest BCUT2D eigenvalue weighted by Crippen LogP contribution is -2.30. The monoisotopic (exact) mass is 250 g/mol. The Bertz CT molecular complexity index is 341. The first kappa shape index (κ1) is 13.5. The van der Waals surface area contributed by atoms with Crippen LogP contribution >= 0.6 is 0 Å². The van der Waals surface area contributed by atoms with E-state index in [1.807, 2.05) is 11.7 Å². The molecule has 1 N–H and O–H groups in total. The van der Waals surface area contributed by atoms with Crippen molar-refractivity contribution in [3.05, 3.63) is 12.2 Å². The second-order valence-corrected chi connectivity index (χ2v) is 5.51. The summed E-state index contributed by atoms with van der Waals surface area (Å²) < 4.78 is 1.92. The molecule has 18 heavy (non-hydrogen) atoms. The summed E-state index contributed by atoms with van der Waals surface area (Å²) >= 11 is 0. The molecule has 1 aromatic rings. The van der Waals surface area contributed by atoms with Gasteiger partial charge in [0.1, 0.15) is 12.2 Å². The molecule has 1 atom stereocenters. The van der Waals surface area contributed by atoms with Gasteiger partial charge in [0.05, 0.1) is 0 Å². The van der Waals surface area contributed by atoms with Gasteiger partial charge in [-0.15, -0.1) is 0 Å². The highest BCUT2D eigenvalue weighted by Crippen LogP contribution is 2.32. The van der Waals surface area contributed by atoms with E-state index in [4.69, 9.17) is 0 Å². The molecule has 1 saturated carbocycles. The summed E-state index contributed by atoms with van der Waals surface area (Å²) in [5, 5.41) is 7.76. The highest BCUT2D eigenvalue weighted by atomic mass is 15.3. The number of hydrogen-bond acceptors (Lipinski definition) is 3. The SMILES string of the molecule is CCCNCC(Cc1ncnn1C)C1CCCC1. The molecule has 1 aromatic heterocycles. The zero-order chi connectivity index (χ0) is 12.8. The van der Waals surface area contributed by atoms with E-state index in [-0.39, 0.29) is 0 Å². The molecule has 2 rings (SSSR count). The van der Waals surface area contributed by atoms with Crippen LogP contribution in [0.25, 0.3) is 0 Å². The summed E-state index contributed by atoms with van der Waals surface area (Å²) in [6, 6.07) is 0. The Morgan fingerprint density at radius 1 is 1.44 bits per heavy atom. The Kier molecular flexibility index (Phi) is 5.17. The fourth-order valence-electron chi connectivity index (χ4n) is 3.04. The molecule has 1 unspecified atom stereocenters. The summed E-state index contributed by atoms with van der Waals surface area (Å²) in [7, 11) is 1.99. The van der Waals surface area contributed by atoms with E-state index in [0.29, 0.717) is 0 Å². The maximum atomic E-state index is 4.38. The normalized spacial score (nSPS) is 18.3. The molecule has 1 fully saturated rings. The number of aromatic nitrogens is 3. The highest BCUT2D eigenvalue weighted by molar-refractivity contribution is 4.90. The molecule has 4 nitrogen and oxygen atoms in total. The maximum Gasteiger partial charge on any atom is 0.138 e. The molecule has 0 spiro atoms. The van der Waals surface area contributed by atoms with Crippen molar-refractivity contribution in [3.63, 3.8) is 0 Å². The minimum Gasteiger partial charge on any atom is -0.316 e. The second-order valence-electron chi connectivity index (χ2n) is 5.51. The van der Waals surface area contributed by atoms with Crippen LogP contribution in [0.2, 0.25) is 0 Å². The van der Waals surface area contributed by atoms with E-state index in [1.165, 1.54) is 32.1 Å². The summed E-state index contributed by atoms with van der Waals surface area (Å²) in [6.45, 7) is 4.48. The van der Waals surface area contributed by atoms with E-state index < -0.39 is 0 Å². The van der Waals surface area contributed by atoms with Gasteiger partial charge in [0.25, 0.3) is 0 Å². The Morgan fingerprint density at radius 3 is 2.83 bits per heavy atom. The summed E-state index contributed by atoms with van der Waals surface area (Å²) in [5.74, 6) is 2.73. The van der Waals surface area contributed by atoms with Crippen LogP contribution < -0.4 is 5.32 Å². The predicted octanol–water partition coefficient (Wildman–Crippen LogP) is 2.16. The van der Waals surface area contributed by atoms with Crippen molar-refractivity contribution in [2.75, 3.05) is 13.1 Å². The molecule has 0 aromatic carbocycles. The van der Waals surface area contributed by atoms with Crippen LogP contribution in [0.3, 0.4) is 0 Å². The van der Waals surface area contributed by atoms with Crippen LogP contribution in [0, 0.1) is 11.8 Å². The smallest absolute Gasteiger partial charge is 0.138 e. The average molecular weight is 250 g/mol. The van der Waals surface area contributed by atoms with Gasteiger partial charge in [0.2, 0.25) is 0 Å². The molecule has 1 aliphatic rings. The highest BCUT2D eigenvalue weighted by Gasteiger charge is 2.26. The van der Waals surface area contributed by atoms with Gasteiger partial charge in [-0.2, -0.15) is 5.10 Å². The van der Waals surface area contributed by atoms with Gasteiger partial charge < -0.3 is 5.32 Å². The maximum absolute atomic E-state index is 4.38. The second kappa shape index (κ2) is 6.88.